The van der Waals surface area contributed by atoms with E-state index in [1.165, 1.54) is 5.56 Å². The lowest BCUT2D eigenvalue weighted by atomic mass is 10.1. The van der Waals surface area contributed by atoms with Crippen LogP contribution in [0.1, 0.15) is 11.1 Å². The van der Waals surface area contributed by atoms with Crippen LogP contribution in [0.25, 0.3) is 0 Å². The average molecular weight is 293 g/mol. The number of halogens is 1. The summed E-state index contributed by atoms with van der Waals surface area (Å²) in [6, 6.07) is 9.80. The maximum Gasteiger partial charge on any atom is 0.0681 e. The lowest BCUT2D eigenvalue weighted by Crippen LogP contribution is -2.00. The summed E-state index contributed by atoms with van der Waals surface area (Å²) in [6.07, 6.45) is 3.51. The largest absolute Gasteiger partial charge is 0.392 e. The maximum atomic E-state index is 8.94. The number of benzene rings is 1. The number of rotatable bonds is 4. The van der Waals surface area contributed by atoms with E-state index in [1.807, 2.05) is 30.3 Å². The fourth-order valence-corrected chi connectivity index (χ4v) is 1.87. The van der Waals surface area contributed by atoms with E-state index in [1.54, 1.807) is 12.4 Å². The number of aliphatic hydroxyl groups is 1. The van der Waals surface area contributed by atoms with Crippen LogP contribution in [0.15, 0.2) is 47.2 Å². The molecule has 2 N–H and O–H groups in total. The fraction of sp³-hybridized carbons (Fsp3) is 0.154. The smallest absolute Gasteiger partial charge is 0.0681 e. The number of nitrogens with one attached hydrogen (secondary N) is 1. The quantitative estimate of drug-likeness (QED) is 0.911. The summed E-state index contributed by atoms with van der Waals surface area (Å²) in [6.45, 7) is 0.831. The first-order valence-corrected chi connectivity index (χ1v) is 6.11. The second-order valence-electron chi connectivity index (χ2n) is 3.68. The van der Waals surface area contributed by atoms with Crippen LogP contribution in [0.4, 0.5) is 5.69 Å². The van der Waals surface area contributed by atoms with E-state index >= 15 is 0 Å². The molecular weight excluding hydrogens is 280 g/mol. The highest BCUT2D eigenvalue weighted by Crippen LogP contribution is 2.20. The zero-order valence-corrected chi connectivity index (χ0v) is 10.8. The summed E-state index contributed by atoms with van der Waals surface area (Å²) in [5.41, 5.74) is 3.12. The first-order valence-electron chi connectivity index (χ1n) is 5.31. The molecular formula is C13H13BrN2O. The van der Waals surface area contributed by atoms with E-state index in [4.69, 9.17) is 5.11 Å². The minimum Gasteiger partial charge on any atom is -0.392 e. The molecule has 2 rings (SSSR count). The molecule has 2 aromatic rings. The van der Waals surface area contributed by atoms with Gasteiger partial charge in [0.15, 0.2) is 0 Å². The molecule has 1 aromatic carbocycles. The van der Waals surface area contributed by atoms with Gasteiger partial charge in [0, 0.05) is 18.9 Å². The van der Waals surface area contributed by atoms with Crippen LogP contribution in [-0.2, 0) is 13.2 Å². The Morgan fingerprint density at radius 3 is 2.47 bits per heavy atom. The Morgan fingerprint density at radius 2 is 1.82 bits per heavy atom. The molecule has 0 unspecified atom stereocenters. The summed E-state index contributed by atoms with van der Waals surface area (Å²) in [4.78, 5) is 4.01. The summed E-state index contributed by atoms with van der Waals surface area (Å²) in [5.74, 6) is 0. The van der Waals surface area contributed by atoms with Crippen LogP contribution in [0.3, 0.4) is 0 Å². The number of pyridine rings is 1. The van der Waals surface area contributed by atoms with Gasteiger partial charge in [0.25, 0.3) is 0 Å². The molecule has 0 spiro atoms. The average Bonchev–Trinajstić information content (AvgIpc) is 2.38. The zero-order chi connectivity index (χ0) is 12.1. The Balaban J connectivity index is 2.00. The van der Waals surface area contributed by atoms with Crippen molar-refractivity contribution in [3.63, 3.8) is 0 Å². The molecule has 0 aliphatic carbocycles. The van der Waals surface area contributed by atoms with Crippen molar-refractivity contribution < 1.29 is 5.11 Å². The Kier molecular flexibility index (Phi) is 4.12. The second-order valence-corrected chi connectivity index (χ2v) is 4.54. The van der Waals surface area contributed by atoms with E-state index in [2.05, 4.69) is 26.2 Å². The van der Waals surface area contributed by atoms with Crippen molar-refractivity contribution in [1.82, 2.24) is 4.98 Å². The predicted octanol–water partition coefficient (Wildman–Crippen LogP) is 2.95. The van der Waals surface area contributed by atoms with E-state index < -0.39 is 0 Å². The molecule has 0 atom stereocenters. The molecule has 88 valence electrons. The minimum atomic E-state index is 0.0869. The molecule has 0 aliphatic rings. The number of hydrogen-bond donors (Lipinski definition) is 2. The maximum absolute atomic E-state index is 8.94. The lowest BCUT2D eigenvalue weighted by molar-refractivity contribution is 0.282. The molecule has 0 fully saturated rings. The fourth-order valence-electron chi connectivity index (χ4n) is 1.48. The van der Waals surface area contributed by atoms with Gasteiger partial charge < -0.3 is 10.4 Å². The third-order valence-corrected chi connectivity index (χ3v) is 3.09. The van der Waals surface area contributed by atoms with E-state index in [-0.39, 0.29) is 6.61 Å². The Hall–Kier alpha value is -1.39. The van der Waals surface area contributed by atoms with Gasteiger partial charge in [-0.25, -0.2) is 0 Å². The van der Waals surface area contributed by atoms with Gasteiger partial charge in [-0.3, -0.25) is 4.98 Å². The third kappa shape index (κ3) is 3.28. The van der Waals surface area contributed by atoms with Gasteiger partial charge in [0.1, 0.15) is 0 Å². The first-order chi connectivity index (χ1) is 8.29. The SMILES string of the molecule is OCc1ccc(CNc2ccncc2Br)cc1. The highest BCUT2D eigenvalue weighted by molar-refractivity contribution is 9.10. The van der Waals surface area contributed by atoms with Gasteiger partial charge in [0.2, 0.25) is 0 Å². The van der Waals surface area contributed by atoms with Crippen LogP contribution in [0.2, 0.25) is 0 Å². The summed E-state index contributed by atoms with van der Waals surface area (Å²) >= 11 is 3.43. The standard InChI is InChI=1S/C13H13BrN2O/c14-12-8-15-6-5-13(12)16-7-10-1-3-11(9-17)4-2-10/h1-6,8,17H,7,9H2,(H,15,16). The molecule has 17 heavy (non-hydrogen) atoms. The number of anilines is 1. The van der Waals surface area contributed by atoms with Gasteiger partial charge in [-0.2, -0.15) is 0 Å². The van der Waals surface area contributed by atoms with Crippen LogP contribution in [0.5, 0.6) is 0 Å². The molecule has 4 heteroatoms. The summed E-state index contributed by atoms with van der Waals surface area (Å²) in [7, 11) is 0. The molecule has 0 saturated heterocycles. The number of nitrogens with zero attached hydrogens (tertiary/aromatic N) is 1. The molecule has 1 heterocycles. The van der Waals surface area contributed by atoms with Crippen LogP contribution >= 0.6 is 15.9 Å². The highest BCUT2D eigenvalue weighted by atomic mass is 79.9. The van der Waals surface area contributed by atoms with Crippen molar-refractivity contribution in [3.05, 3.63) is 58.3 Å². The number of hydrogen-bond acceptors (Lipinski definition) is 3. The van der Waals surface area contributed by atoms with E-state index in [9.17, 15) is 0 Å². The summed E-state index contributed by atoms with van der Waals surface area (Å²) in [5, 5.41) is 12.3. The van der Waals surface area contributed by atoms with Crippen molar-refractivity contribution in [1.29, 1.82) is 0 Å². The van der Waals surface area contributed by atoms with Gasteiger partial charge in [-0.15, -0.1) is 0 Å². The van der Waals surface area contributed by atoms with Gasteiger partial charge >= 0.3 is 0 Å². The molecule has 0 bridgehead atoms. The van der Waals surface area contributed by atoms with Gasteiger partial charge in [0.05, 0.1) is 16.8 Å². The third-order valence-electron chi connectivity index (χ3n) is 2.46. The van der Waals surface area contributed by atoms with Crippen molar-refractivity contribution in [3.8, 4) is 0 Å². The van der Waals surface area contributed by atoms with Crippen molar-refractivity contribution in [2.75, 3.05) is 5.32 Å². The zero-order valence-electron chi connectivity index (χ0n) is 9.23. The first kappa shape index (κ1) is 12.1. The Morgan fingerprint density at radius 1 is 1.12 bits per heavy atom. The monoisotopic (exact) mass is 292 g/mol. The van der Waals surface area contributed by atoms with E-state index in [0.717, 1.165) is 22.3 Å². The molecule has 1 aromatic heterocycles. The van der Waals surface area contributed by atoms with E-state index in [0.29, 0.717) is 0 Å². The van der Waals surface area contributed by atoms with Crippen molar-refractivity contribution >= 4 is 21.6 Å². The number of aliphatic hydroxyl groups excluding tert-OH is 1. The van der Waals surface area contributed by atoms with Crippen LogP contribution in [0, 0.1) is 0 Å². The molecule has 0 radical (unpaired) electrons. The van der Waals surface area contributed by atoms with Crippen LogP contribution < -0.4 is 5.32 Å². The van der Waals surface area contributed by atoms with Gasteiger partial charge in [-0.05, 0) is 33.1 Å². The number of aromatic nitrogens is 1. The van der Waals surface area contributed by atoms with Gasteiger partial charge in [-0.1, -0.05) is 24.3 Å². The van der Waals surface area contributed by atoms with Crippen molar-refractivity contribution in [2.24, 2.45) is 0 Å². The second kappa shape index (κ2) is 5.80. The predicted molar refractivity (Wildman–Crippen MR) is 71.6 cm³/mol. The van der Waals surface area contributed by atoms with Crippen LogP contribution in [-0.4, -0.2) is 10.1 Å². The normalized spacial score (nSPS) is 10.2. The Bertz CT molecular complexity index is 485. The molecule has 0 aliphatic heterocycles. The molecule has 0 amide bonds. The molecule has 0 saturated carbocycles. The topological polar surface area (TPSA) is 45.1 Å². The minimum absolute atomic E-state index is 0.0869. The summed E-state index contributed by atoms with van der Waals surface area (Å²) < 4.78 is 0.951. The lowest BCUT2D eigenvalue weighted by Gasteiger charge is -2.08. The molecule has 3 nitrogen and oxygen atoms in total. The highest BCUT2D eigenvalue weighted by Gasteiger charge is 1.98. The Labute approximate surface area is 109 Å². The van der Waals surface area contributed by atoms with Crippen molar-refractivity contribution in [2.45, 2.75) is 13.2 Å².